The van der Waals surface area contributed by atoms with Crippen LogP contribution in [0.3, 0.4) is 0 Å². The summed E-state index contributed by atoms with van der Waals surface area (Å²) in [7, 11) is 3.63. The van der Waals surface area contributed by atoms with Gasteiger partial charge in [0.15, 0.2) is 5.96 Å². The number of para-hydroxylation sites is 1. The Hall–Kier alpha value is -1.27. The van der Waals surface area contributed by atoms with Crippen LogP contribution in [0.5, 0.6) is 5.75 Å². The third kappa shape index (κ3) is 7.96. The number of halogens is 4. The first kappa shape index (κ1) is 22.8. The van der Waals surface area contributed by atoms with Gasteiger partial charge < -0.3 is 25.0 Å². The fraction of sp³-hybridized carbons (Fsp3) is 0.562. The van der Waals surface area contributed by atoms with Crippen molar-refractivity contribution in [3.05, 3.63) is 29.8 Å². The molecule has 1 heterocycles. The first-order chi connectivity index (χ1) is 11.9. The highest BCUT2D eigenvalue weighted by atomic mass is 127. The summed E-state index contributed by atoms with van der Waals surface area (Å²) < 4.78 is 47.0. The van der Waals surface area contributed by atoms with Crippen LogP contribution in [-0.2, 0) is 11.3 Å². The Morgan fingerprint density at radius 2 is 2.08 bits per heavy atom. The monoisotopic (exact) mass is 488 g/mol. The first-order valence-corrected chi connectivity index (χ1v) is 7.95. The Morgan fingerprint density at radius 1 is 1.35 bits per heavy atom. The highest BCUT2D eigenvalue weighted by molar-refractivity contribution is 14.0. The SMILES string of the molecule is CN=C(NCc1ccccc1OC(F)(F)F)NCC1CN(C)CCO1.I. The maximum absolute atomic E-state index is 12.4. The summed E-state index contributed by atoms with van der Waals surface area (Å²) in [4.78, 5) is 6.25. The number of hydrogen-bond donors (Lipinski definition) is 2. The molecule has 26 heavy (non-hydrogen) atoms. The van der Waals surface area contributed by atoms with Crippen molar-refractivity contribution in [2.45, 2.75) is 19.0 Å². The summed E-state index contributed by atoms with van der Waals surface area (Å²) >= 11 is 0. The van der Waals surface area contributed by atoms with Crippen molar-refractivity contribution in [1.29, 1.82) is 0 Å². The van der Waals surface area contributed by atoms with Gasteiger partial charge in [-0.05, 0) is 13.1 Å². The molecule has 10 heteroatoms. The Balaban J connectivity index is 0.00000338. The lowest BCUT2D eigenvalue weighted by Crippen LogP contribution is -2.48. The minimum Gasteiger partial charge on any atom is -0.405 e. The van der Waals surface area contributed by atoms with Crippen LogP contribution in [0.1, 0.15) is 5.56 Å². The molecular formula is C16H24F3IN4O2. The van der Waals surface area contributed by atoms with E-state index in [1.165, 1.54) is 12.1 Å². The van der Waals surface area contributed by atoms with E-state index in [-0.39, 0.29) is 42.4 Å². The fourth-order valence-electron chi connectivity index (χ4n) is 2.47. The van der Waals surface area contributed by atoms with Gasteiger partial charge in [-0.2, -0.15) is 0 Å². The molecule has 1 aliphatic heterocycles. The molecule has 0 radical (unpaired) electrons. The molecule has 0 bridgehead atoms. The van der Waals surface area contributed by atoms with Gasteiger partial charge >= 0.3 is 6.36 Å². The second kappa shape index (κ2) is 10.8. The van der Waals surface area contributed by atoms with Crippen molar-refractivity contribution in [2.75, 3.05) is 40.3 Å². The summed E-state index contributed by atoms with van der Waals surface area (Å²) in [5.41, 5.74) is 0.386. The second-order valence-electron chi connectivity index (χ2n) is 5.72. The van der Waals surface area contributed by atoms with Gasteiger partial charge in [0.1, 0.15) is 5.75 Å². The van der Waals surface area contributed by atoms with Crippen LogP contribution >= 0.6 is 24.0 Å². The molecule has 0 aromatic heterocycles. The molecule has 0 aliphatic carbocycles. The molecule has 0 saturated carbocycles. The maximum Gasteiger partial charge on any atom is 0.573 e. The molecule has 1 fully saturated rings. The van der Waals surface area contributed by atoms with Crippen molar-refractivity contribution in [3.63, 3.8) is 0 Å². The van der Waals surface area contributed by atoms with Gasteiger partial charge in [-0.15, -0.1) is 37.1 Å². The van der Waals surface area contributed by atoms with Crippen molar-refractivity contribution in [1.82, 2.24) is 15.5 Å². The van der Waals surface area contributed by atoms with Crippen LogP contribution < -0.4 is 15.4 Å². The van der Waals surface area contributed by atoms with Crippen LogP contribution in [-0.4, -0.2) is 63.7 Å². The van der Waals surface area contributed by atoms with E-state index in [1.807, 2.05) is 7.05 Å². The van der Waals surface area contributed by atoms with Crippen LogP contribution in [0.4, 0.5) is 13.2 Å². The lowest BCUT2D eigenvalue weighted by atomic mass is 10.2. The summed E-state index contributed by atoms with van der Waals surface area (Å²) in [6.07, 6.45) is -4.68. The predicted octanol–water partition coefficient (Wildman–Crippen LogP) is 2.20. The molecule has 0 spiro atoms. The normalized spacial score (nSPS) is 18.8. The molecule has 148 valence electrons. The number of alkyl halides is 3. The number of likely N-dealkylation sites (N-methyl/N-ethyl adjacent to an activating group) is 1. The van der Waals surface area contributed by atoms with Gasteiger partial charge in [-0.25, -0.2) is 0 Å². The molecule has 0 amide bonds. The highest BCUT2D eigenvalue weighted by Crippen LogP contribution is 2.25. The van der Waals surface area contributed by atoms with E-state index in [0.717, 1.165) is 13.1 Å². The van der Waals surface area contributed by atoms with Gasteiger partial charge in [0.05, 0.1) is 12.7 Å². The minimum atomic E-state index is -4.72. The first-order valence-electron chi connectivity index (χ1n) is 7.95. The number of aliphatic imine (C=N–C) groups is 1. The van der Waals surface area contributed by atoms with E-state index in [9.17, 15) is 13.2 Å². The maximum atomic E-state index is 12.4. The number of morpholine rings is 1. The smallest absolute Gasteiger partial charge is 0.405 e. The van der Waals surface area contributed by atoms with E-state index >= 15 is 0 Å². The summed E-state index contributed by atoms with van der Waals surface area (Å²) in [5.74, 6) is 0.258. The van der Waals surface area contributed by atoms with E-state index in [2.05, 4.69) is 25.3 Å². The van der Waals surface area contributed by atoms with Crippen molar-refractivity contribution >= 4 is 29.9 Å². The van der Waals surface area contributed by atoms with Crippen LogP contribution in [0.2, 0.25) is 0 Å². The predicted molar refractivity (Wildman–Crippen MR) is 104 cm³/mol. The second-order valence-corrected chi connectivity index (χ2v) is 5.72. The number of rotatable bonds is 5. The molecule has 2 rings (SSSR count). The number of nitrogens with one attached hydrogen (secondary N) is 2. The minimum absolute atomic E-state index is 0. The average molecular weight is 488 g/mol. The summed E-state index contributed by atoms with van der Waals surface area (Å²) in [5, 5.41) is 6.11. The number of benzene rings is 1. The third-order valence-electron chi connectivity index (χ3n) is 3.71. The zero-order valence-corrected chi connectivity index (χ0v) is 17.0. The van der Waals surface area contributed by atoms with E-state index in [4.69, 9.17) is 4.74 Å². The summed E-state index contributed by atoms with van der Waals surface area (Å²) in [6, 6.07) is 6.00. The van der Waals surface area contributed by atoms with Crippen LogP contribution in [0, 0.1) is 0 Å². The fourth-order valence-corrected chi connectivity index (χ4v) is 2.47. The molecular weight excluding hydrogens is 464 g/mol. The molecule has 1 unspecified atom stereocenters. The van der Waals surface area contributed by atoms with Crippen LogP contribution in [0.15, 0.2) is 29.3 Å². The standard InChI is InChI=1S/C16H23F3N4O2.HI/c1-20-15(22-10-13-11-23(2)7-8-24-13)21-9-12-5-3-4-6-14(12)25-16(17,18)19;/h3-6,13H,7-11H2,1-2H3,(H2,20,21,22);1H. The Labute approximate surface area is 168 Å². The topological polar surface area (TPSA) is 58.1 Å². The van der Waals surface area contributed by atoms with E-state index < -0.39 is 6.36 Å². The van der Waals surface area contributed by atoms with Crippen molar-refractivity contribution in [3.8, 4) is 5.75 Å². The van der Waals surface area contributed by atoms with E-state index in [0.29, 0.717) is 24.7 Å². The number of ether oxygens (including phenoxy) is 2. The van der Waals surface area contributed by atoms with Crippen molar-refractivity contribution in [2.24, 2.45) is 4.99 Å². The number of nitrogens with zero attached hydrogens (tertiary/aromatic N) is 2. The molecule has 6 nitrogen and oxygen atoms in total. The molecule has 1 aromatic rings. The molecule has 1 aliphatic rings. The largest absolute Gasteiger partial charge is 0.573 e. The van der Waals surface area contributed by atoms with Crippen molar-refractivity contribution < 1.29 is 22.6 Å². The van der Waals surface area contributed by atoms with E-state index in [1.54, 1.807) is 19.2 Å². The molecule has 1 aromatic carbocycles. The lowest BCUT2D eigenvalue weighted by Gasteiger charge is -2.30. The third-order valence-corrected chi connectivity index (χ3v) is 3.71. The average Bonchev–Trinajstić information content (AvgIpc) is 2.55. The quantitative estimate of drug-likeness (QED) is 0.378. The molecule has 2 N–H and O–H groups in total. The Bertz CT molecular complexity index is 587. The summed E-state index contributed by atoms with van der Waals surface area (Å²) in [6.45, 7) is 3.10. The number of guanidine groups is 1. The van der Waals surface area contributed by atoms with Gasteiger partial charge in [0.25, 0.3) is 0 Å². The highest BCUT2D eigenvalue weighted by Gasteiger charge is 2.31. The van der Waals surface area contributed by atoms with Gasteiger partial charge in [0.2, 0.25) is 0 Å². The Kier molecular flexibility index (Phi) is 9.44. The van der Waals surface area contributed by atoms with Crippen LogP contribution in [0.25, 0.3) is 0 Å². The Morgan fingerprint density at radius 3 is 2.73 bits per heavy atom. The van der Waals surface area contributed by atoms with Gasteiger partial charge in [0, 0.05) is 38.8 Å². The van der Waals surface area contributed by atoms with Gasteiger partial charge in [-0.1, -0.05) is 18.2 Å². The zero-order valence-electron chi connectivity index (χ0n) is 14.7. The zero-order chi connectivity index (χ0) is 18.3. The molecule has 1 saturated heterocycles. The number of hydrogen-bond acceptors (Lipinski definition) is 4. The molecule has 1 atom stereocenters. The lowest BCUT2D eigenvalue weighted by molar-refractivity contribution is -0.274. The van der Waals surface area contributed by atoms with Gasteiger partial charge in [-0.3, -0.25) is 4.99 Å².